The zero-order chi connectivity index (χ0) is 22.2. The summed E-state index contributed by atoms with van der Waals surface area (Å²) in [4.78, 5) is 9.93. The molecule has 0 aliphatic carbocycles. The van der Waals surface area contributed by atoms with Crippen molar-refractivity contribution >= 4 is 11.3 Å². The van der Waals surface area contributed by atoms with Crippen LogP contribution in [0.3, 0.4) is 0 Å². The average Bonchev–Trinajstić information content (AvgIpc) is 3.10. The summed E-state index contributed by atoms with van der Waals surface area (Å²) in [5, 5.41) is 4.66. The van der Waals surface area contributed by atoms with Crippen molar-refractivity contribution in [1.82, 2.24) is 15.3 Å². The molecule has 0 bridgehead atoms. The summed E-state index contributed by atoms with van der Waals surface area (Å²) in [6, 6.07) is 5.72. The smallest absolute Gasteiger partial charge is 0.0985 e. The fraction of sp³-hybridized carbons (Fsp3) is 0.667. The van der Waals surface area contributed by atoms with Crippen LogP contribution in [0, 0.1) is 5.41 Å². The van der Waals surface area contributed by atoms with Gasteiger partial charge in [0.2, 0.25) is 0 Å². The Morgan fingerprint density at radius 2 is 1.36 bits per heavy atom. The van der Waals surface area contributed by atoms with Gasteiger partial charge in [-0.05, 0) is 17.5 Å². The van der Waals surface area contributed by atoms with Crippen LogP contribution in [0.25, 0.3) is 0 Å². The third kappa shape index (κ3) is 15.8. The monoisotopic (exact) mass is 407 g/mol. The fourth-order valence-corrected chi connectivity index (χ4v) is 2.89. The lowest BCUT2D eigenvalue weighted by atomic mass is 9.98. The van der Waals surface area contributed by atoms with Gasteiger partial charge in [0.05, 0.1) is 10.7 Å². The molecule has 2 aromatic heterocycles. The van der Waals surface area contributed by atoms with E-state index in [4.69, 9.17) is 4.98 Å². The second-order valence-corrected chi connectivity index (χ2v) is 9.67. The number of fused-ring (bicyclic) bond motifs is 1. The van der Waals surface area contributed by atoms with E-state index in [-0.39, 0.29) is 5.41 Å². The molecule has 0 radical (unpaired) electrons. The zero-order valence-electron chi connectivity index (χ0n) is 20.3. The molecular formula is C24H45N3S. The van der Waals surface area contributed by atoms with Crippen molar-refractivity contribution in [1.29, 1.82) is 0 Å². The maximum atomic E-state index is 4.70. The number of nitrogens with one attached hydrogen (secondary N) is 1. The second-order valence-electron chi connectivity index (χ2n) is 8.59. The van der Waals surface area contributed by atoms with Gasteiger partial charge in [0.1, 0.15) is 0 Å². The van der Waals surface area contributed by atoms with E-state index in [9.17, 15) is 0 Å². The van der Waals surface area contributed by atoms with Gasteiger partial charge in [-0.25, -0.2) is 4.98 Å². The van der Waals surface area contributed by atoms with Crippen LogP contribution in [-0.4, -0.2) is 16.5 Å². The van der Waals surface area contributed by atoms with E-state index in [0.29, 0.717) is 5.41 Å². The van der Waals surface area contributed by atoms with Crippen molar-refractivity contribution in [3.05, 3.63) is 46.2 Å². The van der Waals surface area contributed by atoms with Crippen molar-refractivity contribution < 1.29 is 0 Å². The quantitative estimate of drug-likeness (QED) is 0.499. The number of rotatable bonds is 0. The highest BCUT2D eigenvalue weighted by Crippen LogP contribution is 2.30. The van der Waals surface area contributed by atoms with Crippen molar-refractivity contribution in [2.45, 2.75) is 94.5 Å². The number of hydrogen-bond acceptors (Lipinski definition) is 4. The van der Waals surface area contributed by atoms with Crippen molar-refractivity contribution in [3.8, 4) is 0 Å². The summed E-state index contributed by atoms with van der Waals surface area (Å²) in [5.74, 6) is 0. The van der Waals surface area contributed by atoms with Crippen LogP contribution in [0.4, 0.5) is 0 Å². The van der Waals surface area contributed by atoms with Crippen LogP contribution in [0.5, 0.6) is 0 Å². The van der Waals surface area contributed by atoms with Crippen LogP contribution in [0.15, 0.2) is 30.6 Å². The van der Waals surface area contributed by atoms with Crippen LogP contribution >= 0.6 is 11.3 Å². The van der Waals surface area contributed by atoms with E-state index in [1.54, 1.807) is 12.4 Å². The Hall–Kier alpha value is -1.26. The Balaban J connectivity index is 0. The minimum absolute atomic E-state index is 0.210. The lowest BCUT2D eigenvalue weighted by Crippen LogP contribution is -2.22. The van der Waals surface area contributed by atoms with Gasteiger partial charge < -0.3 is 5.32 Å². The Bertz CT molecular complexity index is 522. The molecule has 1 aliphatic rings. The number of aromatic nitrogens is 2. The molecule has 0 aromatic carbocycles. The van der Waals surface area contributed by atoms with E-state index in [0.717, 1.165) is 19.5 Å². The van der Waals surface area contributed by atoms with Crippen LogP contribution < -0.4 is 5.32 Å². The molecule has 0 saturated carbocycles. The van der Waals surface area contributed by atoms with Gasteiger partial charge in [-0.2, -0.15) is 0 Å². The van der Waals surface area contributed by atoms with Crippen LogP contribution in [0.2, 0.25) is 0 Å². The van der Waals surface area contributed by atoms with E-state index in [1.807, 2.05) is 57.2 Å². The zero-order valence-corrected chi connectivity index (χ0v) is 21.1. The molecule has 3 rings (SSSR count). The Morgan fingerprint density at radius 3 is 1.68 bits per heavy atom. The van der Waals surface area contributed by atoms with E-state index in [2.05, 4.69) is 58.8 Å². The molecule has 0 saturated heterocycles. The molecule has 3 nitrogen and oxygen atoms in total. The molecule has 0 atom stereocenters. The van der Waals surface area contributed by atoms with Gasteiger partial charge in [0.15, 0.2) is 0 Å². The van der Waals surface area contributed by atoms with Crippen LogP contribution in [0.1, 0.15) is 91.7 Å². The summed E-state index contributed by atoms with van der Waals surface area (Å²) < 4.78 is 0. The van der Waals surface area contributed by atoms with E-state index >= 15 is 0 Å². The van der Waals surface area contributed by atoms with Crippen molar-refractivity contribution in [2.24, 2.45) is 5.41 Å². The molecule has 1 N–H and O–H groups in total. The highest BCUT2D eigenvalue weighted by molar-refractivity contribution is 7.11. The maximum Gasteiger partial charge on any atom is 0.0985 e. The first-order valence-corrected chi connectivity index (χ1v) is 11.4. The first-order chi connectivity index (χ1) is 13.1. The van der Waals surface area contributed by atoms with Crippen molar-refractivity contribution in [3.63, 3.8) is 0 Å². The fourth-order valence-electron chi connectivity index (χ4n) is 1.76. The topological polar surface area (TPSA) is 37.8 Å². The molecule has 0 unspecified atom stereocenters. The number of pyridine rings is 1. The van der Waals surface area contributed by atoms with Gasteiger partial charge in [-0.15, -0.1) is 11.3 Å². The highest BCUT2D eigenvalue weighted by Gasteiger charge is 2.22. The average molecular weight is 408 g/mol. The standard InChI is InChI=1S/C10H16N2S.C5H5N.C5H12.2C2H6/c1-10(2,3)9-12-7-4-5-11-6-8(7)13-9;1-2-4-6-5-3-1;1-5(2,3)4;2*1-2/h11H,4-6H2,1-3H3;1-5H;1-4H3;2*1-2H3. The molecule has 1 aliphatic heterocycles. The summed E-state index contributed by atoms with van der Waals surface area (Å²) in [6.07, 6.45) is 4.60. The Morgan fingerprint density at radius 1 is 0.857 bits per heavy atom. The normalized spacial score (nSPS) is 12.2. The molecule has 0 amide bonds. The van der Waals surface area contributed by atoms with Gasteiger partial charge in [0.25, 0.3) is 0 Å². The van der Waals surface area contributed by atoms with Gasteiger partial charge in [0, 0.05) is 42.2 Å². The first kappa shape index (κ1) is 28.9. The highest BCUT2D eigenvalue weighted by atomic mass is 32.1. The van der Waals surface area contributed by atoms with Gasteiger partial charge in [-0.1, -0.05) is 82.2 Å². The number of hydrogen-bond donors (Lipinski definition) is 1. The summed E-state index contributed by atoms with van der Waals surface area (Å²) >= 11 is 1.87. The van der Waals surface area contributed by atoms with E-state index in [1.165, 1.54) is 15.6 Å². The lowest BCUT2D eigenvalue weighted by Gasteiger charge is -2.13. The van der Waals surface area contributed by atoms with Crippen molar-refractivity contribution in [2.75, 3.05) is 6.54 Å². The predicted molar refractivity (Wildman–Crippen MR) is 128 cm³/mol. The molecular weight excluding hydrogens is 362 g/mol. The molecule has 28 heavy (non-hydrogen) atoms. The molecule has 0 fully saturated rings. The Labute approximate surface area is 179 Å². The second kappa shape index (κ2) is 15.6. The maximum absolute atomic E-state index is 4.70. The van der Waals surface area contributed by atoms with Gasteiger partial charge >= 0.3 is 0 Å². The molecule has 3 heterocycles. The molecule has 162 valence electrons. The lowest BCUT2D eigenvalue weighted by molar-refractivity contribution is 0.469. The Kier molecular flexibility index (Phi) is 16.2. The third-order valence-corrected chi connectivity index (χ3v) is 4.33. The van der Waals surface area contributed by atoms with Crippen LogP contribution in [-0.2, 0) is 18.4 Å². The molecule has 4 heteroatoms. The molecule has 2 aromatic rings. The minimum atomic E-state index is 0.210. The molecule has 0 spiro atoms. The first-order valence-electron chi connectivity index (χ1n) is 10.6. The minimum Gasteiger partial charge on any atom is -0.311 e. The largest absolute Gasteiger partial charge is 0.311 e. The summed E-state index contributed by atoms with van der Waals surface area (Å²) in [5.41, 5.74) is 2.04. The summed E-state index contributed by atoms with van der Waals surface area (Å²) in [7, 11) is 0. The predicted octanol–water partition coefficient (Wildman–Crippen LogP) is 7.27. The van der Waals surface area contributed by atoms with E-state index < -0.39 is 0 Å². The van der Waals surface area contributed by atoms with Gasteiger partial charge in [-0.3, -0.25) is 4.98 Å². The summed E-state index contributed by atoms with van der Waals surface area (Å²) in [6.45, 7) is 25.5. The number of nitrogens with zero attached hydrogens (tertiary/aromatic N) is 2. The number of thiazole rings is 1. The third-order valence-electron chi connectivity index (χ3n) is 2.81. The SMILES string of the molecule is CC.CC.CC(C)(C)C.CC(C)(C)c1nc2c(s1)CNCC2.c1ccncc1.